The molecule has 3 heteroatoms. The first-order valence-electron chi connectivity index (χ1n) is 6.65. The average Bonchev–Trinajstić information content (AvgIpc) is 2.38. The highest BCUT2D eigenvalue weighted by molar-refractivity contribution is 8.00. The van der Waals surface area contributed by atoms with E-state index >= 15 is 0 Å². The zero-order valence-electron chi connectivity index (χ0n) is 12.1. The summed E-state index contributed by atoms with van der Waals surface area (Å²) in [6.07, 6.45) is 3.82. The molecule has 1 heterocycles. The van der Waals surface area contributed by atoms with Crippen LogP contribution in [0.3, 0.4) is 0 Å². The van der Waals surface area contributed by atoms with Crippen LogP contribution in [0, 0.1) is 0 Å². The molecule has 0 aliphatic rings. The molecule has 2 nitrogen and oxygen atoms in total. The maximum atomic E-state index is 4.26. The molecule has 0 spiro atoms. The topological polar surface area (TPSA) is 24.9 Å². The molecule has 2 rings (SSSR count). The van der Waals surface area contributed by atoms with E-state index in [1.807, 2.05) is 31.2 Å². The van der Waals surface area contributed by atoms with Crippen LogP contribution in [0.15, 0.2) is 36.7 Å². The zero-order chi connectivity index (χ0) is 13.9. The van der Waals surface area contributed by atoms with Crippen LogP contribution in [0.4, 0.5) is 0 Å². The predicted molar refractivity (Wildman–Crippen MR) is 85.8 cm³/mol. The van der Waals surface area contributed by atoms with Gasteiger partial charge in [0.2, 0.25) is 0 Å². The minimum absolute atomic E-state index is 0.290. The van der Waals surface area contributed by atoms with Crippen molar-refractivity contribution < 1.29 is 0 Å². The zero-order valence-corrected chi connectivity index (χ0v) is 12.9. The quantitative estimate of drug-likeness (QED) is 0.911. The summed E-state index contributed by atoms with van der Waals surface area (Å²) >= 11 is 1.99. The van der Waals surface area contributed by atoms with Crippen LogP contribution in [0.5, 0.6) is 0 Å². The Bertz CT molecular complexity index is 540. The standard InChI is InChI=1S/C16H22N2S/c1-16(2,3)19-11-15(17-4)13-7-5-6-12-8-9-18-10-14(12)13/h5-10,15,17H,11H2,1-4H3. The van der Waals surface area contributed by atoms with E-state index in [0.717, 1.165) is 5.75 Å². The Kier molecular flexibility index (Phi) is 4.48. The summed E-state index contributed by atoms with van der Waals surface area (Å²) in [6.45, 7) is 6.78. The molecule has 19 heavy (non-hydrogen) atoms. The molecule has 1 aromatic heterocycles. The Morgan fingerprint density at radius 1 is 1.26 bits per heavy atom. The lowest BCUT2D eigenvalue weighted by Gasteiger charge is -2.23. The van der Waals surface area contributed by atoms with E-state index in [1.54, 1.807) is 0 Å². The van der Waals surface area contributed by atoms with Gasteiger partial charge in [-0.15, -0.1) is 0 Å². The van der Waals surface area contributed by atoms with Gasteiger partial charge in [-0.05, 0) is 24.1 Å². The van der Waals surface area contributed by atoms with Crippen molar-refractivity contribution in [2.75, 3.05) is 12.8 Å². The second kappa shape index (κ2) is 5.93. The van der Waals surface area contributed by atoms with E-state index in [-0.39, 0.29) is 4.75 Å². The number of hydrogen-bond acceptors (Lipinski definition) is 3. The third-order valence-corrected chi connectivity index (χ3v) is 4.49. The van der Waals surface area contributed by atoms with Crippen molar-refractivity contribution in [2.45, 2.75) is 31.6 Å². The maximum Gasteiger partial charge on any atom is 0.0416 e. The first-order chi connectivity index (χ1) is 9.01. The minimum atomic E-state index is 0.290. The third-order valence-electron chi connectivity index (χ3n) is 3.12. The molecular weight excluding hydrogens is 252 g/mol. The van der Waals surface area contributed by atoms with Crippen LogP contribution in [0.2, 0.25) is 0 Å². The number of benzene rings is 1. The molecule has 0 radical (unpaired) electrons. The van der Waals surface area contributed by atoms with Gasteiger partial charge in [-0.1, -0.05) is 39.0 Å². The number of hydrogen-bond donors (Lipinski definition) is 1. The van der Waals surface area contributed by atoms with Crippen molar-refractivity contribution in [1.29, 1.82) is 0 Å². The summed E-state index contributed by atoms with van der Waals surface area (Å²) in [6, 6.07) is 8.90. The van der Waals surface area contributed by atoms with E-state index < -0.39 is 0 Å². The van der Waals surface area contributed by atoms with Crippen LogP contribution in [0.1, 0.15) is 32.4 Å². The van der Waals surface area contributed by atoms with Gasteiger partial charge in [0, 0.05) is 34.3 Å². The third kappa shape index (κ3) is 3.71. The van der Waals surface area contributed by atoms with Crippen molar-refractivity contribution in [3.05, 3.63) is 42.2 Å². The molecular formula is C16H22N2S. The van der Waals surface area contributed by atoms with Crippen LogP contribution < -0.4 is 5.32 Å². The SMILES string of the molecule is CNC(CSC(C)(C)C)c1cccc2ccncc12. The average molecular weight is 274 g/mol. The summed E-state index contributed by atoms with van der Waals surface area (Å²) in [7, 11) is 2.03. The number of rotatable bonds is 4. The van der Waals surface area contributed by atoms with Gasteiger partial charge in [-0.2, -0.15) is 11.8 Å². The lowest BCUT2D eigenvalue weighted by atomic mass is 10.0. The van der Waals surface area contributed by atoms with Crippen molar-refractivity contribution >= 4 is 22.5 Å². The monoisotopic (exact) mass is 274 g/mol. The van der Waals surface area contributed by atoms with Gasteiger partial charge in [-0.25, -0.2) is 0 Å². The van der Waals surface area contributed by atoms with Crippen LogP contribution in [-0.4, -0.2) is 22.5 Å². The molecule has 1 N–H and O–H groups in total. The summed E-state index contributed by atoms with van der Waals surface area (Å²) < 4.78 is 0.290. The predicted octanol–water partition coefficient (Wildman–Crippen LogP) is 4.03. The molecule has 0 aliphatic carbocycles. The number of thioether (sulfide) groups is 1. The lowest BCUT2D eigenvalue weighted by molar-refractivity contribution is 0.661. The molecule has 2 aromatic rings. The van der Waals surface area contributed by atoms with Gasteiger partial charge >= 0.3 is 0 Å². The Morgan fingerprint density at radius 3 is 2.74 bits per heavy atom. The summed E-state index contributed by atoms with van der Waals surface area (Å²) in [5, 5.41) is 5.94. The Hall–Kier alpha value is -1.06. The summed E-state index contributed by atoms with van der Waals surface area (Å²) in [5.74, 6) is 1.06. The van der Waals surface area contributed by atoms with Gasteiger partial charge in [0.15, 0.2) is 0 Å². The normalized spacial score (nSPS) is 13.7. The number of nitrogens with one attached hydrogen (secondary N) is 1. The Morgan fingerprint density at radius 2 is 2.05 bits per heavy atom. The number of nitrogens with zero attached hydrogens (tertiary/aromatic N) is 1. The Labute approximate surface area is 120 Å². The van der Waals surface area contributed by atoms with Crippen LogP contribution >= 0.6 is 11.8 Å². The van der Waals surface area contributed by atoms with Crippen molar-refractivity contribution in [1.82, 2.24) is 10.3 Å². The molecule has 1 unspecified atom stereocenters. The smallest absolute Gasteiger partial charge is 0.0416 e. The first-order valence-corrected chi connectivity index (χ1v) is 7.64. The highest BCUT2D eigenvalue weighted by Crippen LogP contribution is 2.31. The largest absolute Gasteiger partial charge is 0.312 e. The Balaban J connectivity index is 2.30. The fraction of sp³-hybridized carbons (Fsp3) is 0.438. The maximum absolute atomic E-state index is 4.26. The van der Waals surface area contributed by atoms with Crippen molar-refractivity contribution in [2.24, 2.45) is 0 Å². The van der Waals surface area contributed by atoms with Crippen LogP contribution in [0.25, 0.3) is 10.8 Å². The van der Waals surface area contributed by atoms with Gasteiger partial charge in [0.25, 0.3) is 0 Å². The molecule has 0 fully saturated rings. The molecule has 1 aromatic carbocycles. The molecule has 0 saturated heterocycles. The number of aromatic nitrogens is 1. The van der Waals surface area contributed by atoms with Crippen LogP contribution in [-0.2, 0) is 0 Å². The lowest BCUT2D eigenvalue weighted by Crippen LogP contribution is -2.22. The van der Waals surface area contributed by atoms with E-state index in [4.69, 9.17) is 0 Å². The molecule has 0 bridgehead atoms. The molecule has 0 saturated carbocycles. The van der Waals surface area contributed by atoms with E-state index in [9.17, 15) is 0 Å². The van der Waals surface area contributed by atoms with E-state index in [1.165, 1.54) is 16.3 Å². The van der Waals surface area contributed by atoms with Gasteiger partial charge in [-0.3, -0.25) is 4.98 Å². The highest BCUT2D eigenvalue weighted by atomic mass is 32.2. The van der Waals surface area contributed by atoms with E-state index in [2.05, 4.69) is 55.3 Å². The van der Waals surface area contributed by atoms with Crippen molar-refractivity contribution in [3.63, 3.8) is 0 Å². The van der Waals surface area contributed by atoms with Gasteiger partial charge in [0.05, 0.1) is 0 Å². The molecule has 0 amide bonds. The van der Waals surface area contributed by atoms with Crippen molar-refractivity contribution in [3.8, 4) is 0 Å². The second-order valence-corrected chi connectivity index (χ2v) is 7.56. The molecule has 102 valence electrons. The molecule has 0 aliphatic heterocycles. The van der Waals surface area contributed by atoms with Gasteiger partial charge < -0.3 is 5.32 Å². The fourth-order valence-electron chi connectivity index (χ4n) is 2.10. The molecule has 1 atom stereocenters. The minimum Gasteiger partial charge on any atom is -0.312 e. The highest BCUT2D eigenvalue weighted by Gasteiger charge is 2.17. The first kappa shape index (κ1) is 14.4. The van der Waals surface area contributed by atoms with Gasteiger partial charge in [0.1, 0.15) is 0 Å². The summed E-state index contributed by atoms with van der Waals surface area (Å²) in [4.78, 5) is 4.26. The number of fused-ring (bicyclic) bond motifs is 1. The van der Waals surface area contributed by atoms with E-state index in [0.29, 0.717) is 6.04 Å². The fourth-order valence-corrected chi connectivity index (χ4v) is 3.12. The summed E-state index contributed by atoms with van der Waals surface area (Å²) in [5.41, 5.74) is 1.34. The second-order valence-electron chi connectivity index (χ2n) is 5.71. The number of pyridine rings is 1.